The first-order chi connectivity index (χ1) is 20.9. The van der Waals surface area contributed by atoms with Gasteiger partial charge in [0, 0.05) is 24.6 Å². The van der Waals surface area contributed by atoms with Crippen LogP contribution in [0.25, 0.3) is 0 Å². The number of piperidine rings is 1. The number of aliphatic hydroxyl groups is 1. The third-order valence-electron chi connectivity index (χ3n) is 8.17. The second kappa shape index (κ2) is 11.3. The van der Waals surface area contributed by atoms with Crippen molar-refractivity contribution in [3.05, 3.63) is 107 Å². The van der Waals surface area contributed by atoms with Gasteiger partial charge in [-0.25, -0.2) is 9.67 Å². The van der Waals surface area contributed by atoms with Crippen LogP contribution in [0.3, 0.4) is 0 Å². The van der Waals surface area contributed by atoms with E-state index in [0.29, 0.717) is 11.1 Å². The van der Waals surface area contributed by atoms with Crippen molar-refractivity contribution in [3.63, 3.8) is 0 Å². The van der Waals surface area contributed by atoms with Crippen molar-refractivity contribution in [2.45, 2.75) is 49.2 Å². The molecule has 230 valence electrons. The van der Waals surface area contributed by atoms with Crippen LogP contribution in [0.1, 0.15) is 58.8 Å². The maximum Gasteiger partial charge on any atom is 0.433 e. The molecule has 6 rings (SSSR count). The van der Waals surface area contributed by atoms with E-state index in [4.69, 9.17) is 5.10 Å². The molecule has 0 bridgehead atoms. The number of anilines is 2. The third-order valence-corrected chi connectivity index (χ3v) is 8.17. The molecule has 2 aliphatic heterocycles. The van der Waals surface area contributed by atoms with E-state index in [-0.39, 0.29) is 48.8 Å². The summed E-state index contributed by atoms with van der Waals surface area (Å²) in [6, 6.07) is 20.9. The van der Waals surface area contributed by atoms with Gasteiger partial charge in [-0.3, -0.25) is 4.79 Å². The number of nitrogens with one attached hydrogen (secondary N) is 1. The Morgan fingerprint density at radius 3 is 1.98 bits per heavy atom. The lowest BCUT2D eigenvalue weighted by Crippen LogP contribution is -2.45. The Balaban J connectivity index is 1.44. The molecular formula is C31H27F6N5O2. The summed E-state index contributed by atoms with van der Waals surface area (Å²) < 4.78 is 84.9. The number of hydrogen-bond acceptors (Lipinski definition) is 5. The molecule has 2 atom stereocenters. The van der Waals surface area contributed by atoms with Crippen LogP contribution in [0.2, 0.25) is 0 Å². The lowest BCUT2D eigenvalue weighted by atomic mass is 9.82. The zero-order chi connectivity index (χ0) is 31.2. The second-order valence-corrected chi connectivity index (χ2v) is 10.9. The molecule has 4 aromatic rings. The Morgan fingerprint density at radius 1 is 0.841 bits per heavy atom. The summed E-state index contributed by atoms with van der Waals surface area (Å²) in [6.45, 7) is 0.431. The van der Waals surface area contributed by atoms with Crippen LogP contribution in [-0.2, 0) is 11.0 Å². The summed E-state index contributed by atoms with van der Waals surface area (Å²) in [5.41, 5.74) is 0.192. The van der Waals surface area contributed by atoms with Gasteiger partial charge in [0.15, 0.2) is 0 Å². The Bertz CT molecular complexity index is 1590. The van der Waals surface area contributed by atoms with E-state index in [2.05, 4.69) is 10.3 Å². The molecule has 13 heteroatoms. The van der Waals surface area contributed by atoms with E-state index in [0.717, 1.165) is 6.07 Å². The van der Waals surface area contributed by atoms with E-state index >= 15 is 0 Å². The summed E-state index contributed by atoms with van der Waals surface area (Å²) in [6.07, 6.45) is -11.4. The van der Waals surface area contributed by atoms with Crippen molar-refractivity contribution in [1.82, 2.24) is 14.8 Å². The highest BCUT2D eigenvalue weighted by Gasteiger charge is 2.55. The first kappa shape index (κ1) is 29.7. The van der Waals surface area contributed by atoms with E-state index in [9.17, 15) is 36.2 Å². The van der Waals surface area contributed by atoms with Crippen LogP contribution in [0.4, 0.5) is 38.0 Å². The maximum absolute atomic E-state index is 14.6. The standard InChI is InChI=1S/C31H27F6N5O2/c32-30(33,34)21-12-7-13-22(38-21)41-16-14-18(15-17-41)25-23-24(31(35,36)37)27(43)29(44)39-28(23)42(40-25)26(19-8-3-1-4-9-19)20-10-5-2-6-11-20/h1-13,18,24,26-27,43H,14-17H2,(H,39,44). The summed E-state index contributed by atoms with van der Waals surface area (Å²) in [5, 5.41) is 17.8. The van der Waals surface area contributed by atoms with Gasteiger partial charge in [-0.1, -0.05) is 66.7 Å². The first-order valence-electron chi connectivity index (χ1n) is 14.0. The quantitative estimate of drug-likeness (QED) is 0.259. The highest BCUT2D eigenvalue weighted by atomic mass is 19.4. The minimum Gasteiger partial charge on any atom is -0.382 e. The maximum atomic E-state index is 14.6. The molecule has 0 spiro atoms. The van der Waals surface area contributed by atoms with Gasteiger partial charge in [0.25, 0.3) is 5.91 Å². The minimum atomic E-state index is -4.97. The number of nitrogens with zero attached hydrogens (tertiary/aromatic N) is 4. The lowest BCUT2D eigenvalue weighted by molar-refractivity contribution is -0.177. The number of aromatic nitrogens is 3. The number of carbonyl (C=O) groups is 1. The number of rotatable bonds is 5. The average Bonchev–Trinajstić information content (AvgIpc) is 3.35. The fraction of sp³-hybridized carbons (Fsp3) is 0.323. The van der Waals surface area contributed by atoms with Gasteiger partial charge in [-0.15, -0.1) is 0 Å². The molecule has 2 aromatic carbocycles. The monoisotopic (exact) mass is 615 g/mol. The predicted molar refractivity (Wildman–Crippen MR) is 149 cm³/mol. The number of fused-ring (bicyclic) bond motifs is 1. The smallest absolute Gasteiger partial charge is 0.382 e. The van der Waals surface area contributed by atoms with Crippen molar-refractivity contribution in [2.75, 3.05) is 23.3 Å². The van der Waals surface area contributed by atoms with Gasteiger partial charge in [-0.05, 0) is 36.1 Å². The Hall–Kier alpha value is -4.39. The fourth-order valence-corrected chi connectivity index (χ4v) is 6.11. The largest absolute Gasteiger partial charge is 0.433 e. The summed E-state index contributed by atoms with van der Waals surface area (Å²) in [4.78, 5) is 18.2. The van der Waals surface area contributed by atoms with Crippen LogP contribution in [-0.4, -0.2) is 51.1 Å². The van der Waals surface area contributed by atoms with Gasteiger partial charge in [0.1, 0.15) is 35.4 Å². The van der Waals surface area contributed by atoms with E-state index in [1.165, 1.54) is 16.8 Å². The molecule has 2 aliphatic rings. The number of alkyl halides is 6. The molecule has 1 saturated heterocycles. The number of aliphatic hydroxyl groups excluding tert-OH is 1. The molecule has 1 fully saturated rings. The molecule has 0 aliphatic carbocycles. The molecule has 2 N–H and O–H groups in total. The molecule has 44 heavy (non-hydrogen) atoms. The average molecular weight is 616 g/mol. The number of pyridine rings is 1. The molecular weight excluding hydrogens is 588 g/mol. The Labute approximate surface area is 248 Å². The lowest BCUT2D eigenvalue weighted by Gasteiger charge is -2.34. The SMILES string of the molecule is O=C1Nc2c(c(C3CCN(c4cccc(C(F)(F)F)n4)CC3)nn2C(c2ccccc2)c2ccccc2)C(C(F)(F)F)C1O. The zero-order valence-electron chi connectivity index (χ0n) is 23.1. The van der Waals surface area contributed by atoms with E-state index < -0.39 is 47.9 Å². The second-order valence-electron chi connectivity index (χ2n) is 10.9. The predicted octanol–water partition coefficient (Wildman–Crippen LogP) is 6.28. The molecule has 2 aromatic heterocycles. The number of hydrogen-bond donors (Lipinski definition) is 2. The topological polar surface area (TPSA) is 83.3 Å². The fourth-order valence-electron chi connectivity index (χ4n) is 6.11. The van der Waals surface area contributed by atoms with E-state index in [1.54, 1.807) is 41.3 Å². The van der Waals surface area contributed by atoms with Crippen LogP contribution in [0, 0.1) is 0 Å². The molecule has 7 nitrogen and oxygen atoms in total. The number of halogens is 6. The highest BCUT2D eigenvalue weighted by Crippen LogP contribution is 2.49. The number of benzene rings is 2. The number of amides is 1. The van der Waals surface area contributed by atoms with Gasteiger partial charge >= 0.3 is 12.4 Å². The van der Waals surface area contributed by atoms with Crippen LogP contribution >= 0.6 is 0 Å². The molecule has 1 amide bonds. The van der Waals surface area contributed by atoms with Crippen LogP contribution < -0.4 is 10.2 Å². The zero-order valence-corrected chi connectivity index (χ0v) is 23.1. The summed E-state index contributed by atoms with van der Waals surface area (Å²) in [5.74, 6) is -4.25. The first-order valence-corrected chi connectivity index (χ1v) is 14.0. The van der Waals surface area contributed by atoms with Crippen LogP contribution in [0.5, 0.6) is 0 Å². The third kappa shape index (κ3) is 5.51. The van der Waals surface area contributed by atoms with Gasteiger partial charge in [0.05, 0.1) is 5.69 Å². The normalized spacial score (nSPS) is 19.6. The van der Waals surface area contributed by atoms with Gasteiger partial charge in [0.2, 0.25) is 0 Å². The number of carbonyl (C=O) groups excluding carboxylic acids is 1. The van der Waals surface area contributed by atoms with Crippen molar-refractivity contribution in [2.24, 2.45) is 0 Å². The highest BCUT2D eigenvalue weighted by molar-refractivity contribution is 5.97. The molecule has 0 radical (unpaired) electrons. The minimum absolute atomic E-state index is 0.0925. The van der Waals surface area contributed by atoms with E-state index in [1.807, 2.05) is 24.3 Å². The summed E-state index contributed by atoms with van der Waals surface area (Å²) in [7, 11) is 0. The summed E-state index contributed by atoms with van der Waals surface area (Å²) >= 11 is 0. The van der Waals surface area contributed by atoms with Gasteiger partial charge in [-0.2, -0.15) is 31.4 Å². The molecule has 0 saturated carbocycles. The van der Waals surface area contributed by atoms with Crippen molar-refractivity contribution in [3.8, 4) is 0 Å². The van der Waals surface area contributed by atoms with Gasteiger partial charge < -0.3 is 15.3 Å². The van der Waals surface area contributed by atoms with Crippen LogP contribution in [0.15, 0.2) is 78.9 Å². The Kier molecular flexibility index (Phi) is 7.60. The van der Waals surface area contributed by atoms with Crippen molar-refractivity contribution in [1.29, 1.82) is 0 Å². The molecule has 2 unspecified atom stereocenters. The Morgan fingerprint density at radius 2 is 1.43 bits per heavy atom. The van der Waals surface area contributed by atoms with Crippen molar-refractivity contribution >= 4 is 17.5 Å². The van der Waals surface area contributed by atoms with Crippen molar-refractivity contribution < 1.29 is 36.2 Å². The molecule has 4 heterocycles.